The first-order valence-corrected chi connectivity index (χ1v) is 3.85. The van der Waals surface area contributed by atoms with Crippen LogP contribution >= 0.6 is 0 Å². The Bertz CT molecular complexity index is 199. The van der Waals surface area contributed by atoms with Crippen molar-refractivity contribution in [1.82, 2.24) is 9.78 Å². The van der Waals surface area contributed by atoms with Crippen LogP contribution in [0.25, 0.3) is 0 Å². The van der Waals surface area contributed by atoms with Gasteiger partial charge in [0.25, 0.3) is 0 Å². The molecule has 0 aromatic carbocycles. The van der Waals surface area contributed by atoms with Crippen molar-refractivity contribution in [3.8, 4) is 0 Å². The largest absolute Gasteiger partial charge is 0.272 e. The van der Waals surface area contributed by atoms with Crippen LogP contribution in [-0.4, -0.2) is 9.78 Å². The SMILES string of the molecule is [CH2]CC=CCCn1cccn1. The average molecular weight is 149 g/mol. The first-order chi connectivity index (χ1) is 5.43. The second-order valence-electron chi connectivity index (χ2n) is 2.32. The van der Waals surface area contributed by atoms with Crippen LogP contribution in [0.5, 0.6) is 0 Å². The van der Waals surface area contributed by atoms with Crippen molar-refractivity contribution in [1.29, 1.82) is 0 Å². The molecular weight excluding hydrogens is 136 g/mol. The normalized spacial score (nSPS) is 11.0. The quantitative estimate of drug-likeness (QED) is 0.599. The summed E-state index contributed by atoms with van der Waals surface area (Å²) in [4.78, 5) is 0. The van der Waals surface area contributed by atoms with Crippen molar-refractivity contribution in [3.63, 3.8) is 0 Å². The lowest BCUT2D eigenvalue weighted by Crippen LogP contribution is -1.95. The van der Waals surface area contributed by atoms with Crippen molar-refractivity contribution >= 4 is 0 Å². The molecule has 2 heteroatoms. The van der Waals surface area contributed by atoms with Gasteiger partial charge in [-0.2, -0.15) is 5.10 Å². The lowest BCUT2D eigenvalue weighted by molar-refractivity contribution is 0.623. The summed E-state index contributed by atoms with van der Waals surface area (Å²) < 4.78 is 1.92. The summed E-state index contributed by atoms with van der Waals surface area (Å²) in [6.45, 7) is 4.67. The number of allylic oxidation sites excluding steroid dienone is 2. The third kappa shape index (κ3) is 3.03. The third-order valence-corrected chi connectivity index (χ3v) is 1.42. The number of rotatable bonds is 4. The molecule has 0 unspecified atom stereocenters. The minimum atomic E-state index is 0.874. The standard InChI is InChI=1S/C9H13N2/c1-2-3-4-5-8-11-9-6-7-10-11/h3-4,6-7,9H,1-2,5,8H2. The fourth-order valence-electron chi connectivity index (χ4n) is 0.875. The zero-order valence-corrected chi connectivity index (χ0v) is 6.61. The van der Waals surface area contributed by atoms with E-state index < -0.39 is 0 Å². The number of hydrogen-bond donors (Lipinski definition) is 0. The minimum Gasteiger partial charge on any atom is -0.272 e. The van der Waals surface area contributed by atoms with Crippen LogP contribution in [0.1, 0.15) is 12.8 Å². The highest BCUT2D eigenvalue weighted by molar-refractivity contribution is 4.83. The van der Waals surface area contributed by atoms with Gasteiger partial charge in [0, 0.05) is 18.9 Å². The summed E-state index contributed by atoms with van der Waals surface area (Å²) in [6.07, 6.45) is 9.89. The zero-order valence-electron chi connectivity index (χ0n) is 6.61. The maximum atomic E-state index is 4.08. The van der Waals surface area contributed by atoms with E-state index in [-0.39, 0.29) is 0 Å². The van der Waals surface area contributed by atoms with Crippen LogP contribution in [0.3, 0.4) is 0 Å². The van der Waals surface area contributed by atoms with Crippen molar-refractivity contribution in [2.45, 2.75) is 19.4 Å². The predicted octanol–water partition coefficient (Wildman–Crippen LogP) is 2.05. The smallest absolute Gasteiger partial charge is 0.0489 e. The van der Waals surface area contributed by atoms with Gasteiger partial charge in [-0.3, -0.25) is 4.68 Å². The molecule has 0 atom stereocenters. The Morgan fingerprint density at radius 1 is 1.45 bits per heavy atom. The molecule has 1 aromatic heterocycles. The lowest BCUT2D eigenvalue weighted by atomic mass is 10.3. The van der Waals surface area contributed by atoms with E-state index in [0.29, 0.717) is 0 Å². The monoisotopic (exact) mass is 149 g/mol. The van der Waals surface area contributed by atoms with Crippen LogP contribution < -0.4 is 0 Å². The fraction of sp³-hybridized carbons (Fsp3) is 0.333. The van der Waals surface area contributed by atoms with Crippen molar-refractivity contribution in [2.75, 3.05) is 0 Å². The summed E-state index contributed by atoms with van der Waals surface area (Å²) in [5.74, 6) is 0. The minimum absolute atomic E-state index is 0.874. The summed E-state index contributed by atoms with van der Waals surface area (Å²) in [7, 11) is 0. The van der Waals surface area contributed by atoms with E-state index in [4.69, 9.17) is 0 Å². The van der Waals surface area contributed by atoms with Gasteiger partial charge in [-0.05, 0) is 25.8 Å². The lowest BCUT2D eigenvalue weighted by Gasteiger charge is -1.95. The Kier molecular flexibility index (Phi) is 3.45. The average Bonchev–Trinajstić information content (AvgIpc) is 2.50. The first kappa shape index (κ1) is 8.05. The van der Waals surface area contributed by atoms with E-state index in [1.807, 2.05) is 16.9 Å². The highest BCUT2D eigenvalue weighted by Crippen LogP contribution is 1.91. The number of hydrogen-bond acceptors (Lipinski definition) is 1. The van der Waals surface area contributed by atoms with Gasteiger partial charge in [0.1, 0.15) is 0 Å². The predicted molar refractivity (Wildman–Crippen MR) is 46.0 cm³/mol. The second-order valence-corrected chi connectivity index (χ2v) is 2.32. The topological polar surface area (TPSA) is 17.8 Å². The molecule has 0 saturated carbocycles. The first-order valence-electron chi connectivity index (χ1n) is 3.85. The van der Waals surface area contributed by atoms with E-state index in [0.717, 1.165) is 19.4 Å². The zero-order chi connectivity index (χ0) is 7.94. The summed E-state index contributed by atoms with van der Waals surface area (Å²) in [6, 6.07) is 1.94. The summed E-state index contributed by atoms with van der Waals surface area (Å²) in [5.41, 5.74) is 0. The third-order valence-electron chi connectivity index (χ3n) is 1.42. The van der Waals surface area contributed by atoms with E-state index in [9.17, 15) is 0 Å². The van der Waals surface area contributed by atoms with Crippen molar-refractivity contribution in [2.24, 2.45) is 0 Å². The molecule has 1 rings (SSSR count). The van der Waals surface area contributed by atoms with Gasteiger partial charge in [-0.1, -0.05) is 12.2 Å². The Hall–Kier alpha value is -1.05. The van der Waals surface area contributed by atoms with E-state index in [1.165, 1.54) is 0 Å². The van der Waals surface area contributed by atoms with Gasteiger partial charge in [0.05, 0.1) is 0 Å². The molecule has 59 valence electrons. The Balaban J connectivity index is 2.19. The van der Waals surface area contributed by atoms with Crippen molar-refractivity contribution in [3.05, 3.63) is 37.5 Å². The van der Waals surface area contributed by atoms with Crippen LogP contribution in [-0.2, 0) is 6.54 Å². The molecule has 0 spiro atoms. The molecule has 2 nitrogen and oxygen atoms in total. The molecule has 0 aliphatic carbocycles. The highest BCUT2D eigenvalue weighted by Gasteiger charge is 1.85. The Morgan fingerprint density at radius 3 is 3.00 bits per heavy atom. The van der Waals surface area contributed by atoms with Gasteiger partial charge < -0.3 is 0 Å². The van der Waals surface area contributed by atoms with Gasteiger partial charge in [0.2, 0.25) is 0 Å². The Morgan fingerprint density at radius 2 is 2.36 bits per heavy atom. The molecule has 0 aliphatic rings. The maximum absolute atomic E-state index is 4.08. The number of aromatic nitrogens is 2. The molecular formula is C9H13N2. The second kappa shape index (κ2) is 4.72. The molecule has 0 N–H and O–H groups in total. The van der Waals surface area contributed by atoms with Gasteiger partial charge >= 0.3 is 0 Å². The Labute approximate surface area is 67.5 Å². The van der Waals surface area contributed by atoms with Crippen LogP contribution in [0.15, 0.2) is 30.6 Å². The molecule has 0 fully saturated rings. The fourth-order valence-corrected chi connectivity index (χ4v) is 0.875. The van der Waals surface area contributed by atoms with Crippen LogP contribution in [0, 0.1) is 6.92 Å². The molecule has 0 amide bonds. The maximum Gasteiger partial charge on any atom is 0.0489 e. The highest BCUT2D eigenvalue weighted by atomic mass is 15.3. The molecule has 11 heavy (non-hydrogen) atoms. The van der Waals surface area contributed by atoms with Gasteiger partial charge in [-0.15, -0.1) is 0 Å². The van der Waals surface area contributed by atoms with E-state index >= 15 is 0 Å². The van der Waals surface area contributed by atoms with Crippen LogP contribution in [0.2, 0.25) is 0 Å². The number of aryl methyl sites for hydroxylation is 1. The number of nitrogens with zero attached hydrogens (tertiary/aromatic N) is 2. The molecule has 0 bridgehead atoms. The summed E-state index contributed by atoms with van der Waals surface area (Å²) in [5, 5.41) is 4.08. The molecule has 0 aliphatic heterocycles. The molecule has 1 radical (unpaired) electrons. The van der Waals surface area contributed by atoms with Gasteiger partial charge in [-0.25, -0.2) is 0 Å². The van der Waals surface area contributed by atoms with Gasteiger partial charge in [0.15, 0.2) is 0 Å². The molecule has 1 heterocycles. The van der Waals surface area contributed by atoms with Crippen LogP contribution in [0.4, 0.5) is 0 Å². The van der Waals surface area contributed by atoms with E-state index in [1.54, 1.807) is 6.20 Å². The van der Waals surface area contributed by atoms with Crippen molar-refractivity contribution < 1.29 is 0 Å². The summed E-state index contributed by atoms with van der Waals surface area (Å²) >= 11 is 0. The van der Waals surface area contributed by atoms with E-state index in [2.05, 4.69) is 24.2 Å². The molecule has 1 aromatic rings. The molecule has 0 saturated heterocycles.